The first-order valence-electron chi connectivity index (χ1n) is 10.1. The van der Waals surface area contributed by atoms with Crippen LogP contribution in [-0.4, -0.2) is 35.5 Å². The van der Waals surface area contributed by atoms with E-state index in [0.29, 0.717) is 27.9 Å². The molecule has 1 heterocycles. The Morgan fingerprint density at radius 1 is 1.00 bits per heavy atom. The lowest BCUT2D eigenvalue weighted by Crippen LogP contribution is -2.49. The molecule has 158 valence electrons. The molecule has 1 saturated heterocycles. The minimum atomic E-state index is -5.13. The minimum absolute atomic E-state index is 0.0224. The summed E-state index contributed by atoms with van der Waals surface area (Å²) in [5.41, 5.74) is 1.38. The third-order valence-electron chi connectivity index (χ3n) is 7.04. The zero-order valence-electron chi connectivity index (χ0n) is 16.5. The molecule has 2 saturated carbocycles. The molecular formula is C22H21F3N2O3. The summed E-state index contributed by atoms with van der Waals surface area (Å²) in [5, 5.41) is 0. The first-order valence-corrected chi connectivity index (χ1v) is 10.1. The van der Waals surface area contributed by atoms with Crippen molar-refractivity contribution < 1.29 is 27.6 Å². The van der Waals surface area contributed by atoms with E-state index in [0.717, 1.165) is 11.3 Å². The lowest BCUT2D eigenvalue weighted by Gasteiger charge is -2.37. The van der Waals surface area contributed by atoms with Crippen LogP contribution in [0.5, 0.6) is 0 Å². The molecule has 2 bridgehead atoms. The maximum atomic E-state index is 13.4. The number of carbonyl (C=O) groups excluding carboxylic acids is 3. The van der Waals surface area contributed by atoms with Gasteiger partial charge in [-0.2, -0.15) is 13.2 Å². The van der Waals surface area contributed by atoms with Crippen LogP contribution in [0, 0.1) is 49.4 Å². The van der Waals surface area contributed by atoms with Crippen LogP contribution in [0.2, 0.25) is 0 Å². The number of rotatable bonds is 3. The maximum Gasteiger partial charge on any atom is 0.471 e. The van der Waals surface area contributed by atoms with Gasteiger partial charge in [0.2, 0.25) is 11.8 Å². The van der Waals surface area contributed by atoms with Crippen LogP contribution in [0.4, 0.5) is 18.9 Å². The average molecular weight is 418 g/mol. The lowest BCUT2D eigenvalue weighted by molar-refractivity contribution is -0.171. The maximum absolute atomic E-state index is 13.4. The Bertz CT molecular complexity index is 946. The Morgan fingerprint density at radius 2 is 1.50 bits per heavy atom. The van der Waals surface area contributed by atoms with Crippen LogP contribution in [-0.2, 0) is 14.4 Å². The minimum Gasteiger partial charge on any atom is -0.286 e. The van der Waals surface area contributed by atoms with Crippen LogP contribution < -0.4 is 4.90 Å². The molecule has 8 heteroatoms. The van der Waals surface area contributed by atoms with E-state index in [4.69, 9.17) is 0 Å². The molecule has 0 N–H and O–H groups in total. The standard InChI is InChI=1S/C22H21F3N2O3/c1-10-5-11(2)7-12(6-10)26(21(30)22(23,24)25)9-27-19(28)17-13-3-4-14(16-8-15(13)16)18(17)20(27)29/h3-7,13-18H,8-9H2,1-2H3/t13-,14-,15-,16+,17+,18+/m1/s1. The van der Waals surface area contributed by atoms with Crippen molar-refractivity contribution >= 4 is 23.4 Å². The van der Waals surface area contributed by atoms with Gasteiger partial charge in [-0.15, -0.1) is 0 Å². The first kappa shape index (κ1) is 19.3. The molecule has 0 aromatic heterocycles. The number of benzene rings is 1. The Labute approximate surface area is 171 Å². The number of hydrogen-bond donors (Lipinski definition) is 0. The molecule has 30 heavy (non-hydrogen) atoms. The second-order valence-corrected chi connectivity index (χ2v) is 8.98. The molecule has 1 aromatic carbocycles. The SMILES string of the molecule is Cc1cc(C)cc(N(CN2C(=O)[C@H]3[C@@H]4C=C[C@H]([C@@H]5C[C@H]45)[C@@H]3C2=O)C(=O)C(F)(F)F)c1. The Morgan fingerprint density at radius 3 is 1.97 bits per heavy atom. The van der Waals surface area contributed by atoms with Gasteiger partial charge in [-0.25, -0.2) is 0 Å². The van der Waals surface area contributed by atoms with E-state index in [2.05, 4.69) is 0 Å². The predicted octanol–water partition coefficient (Wildman–Crippen LogP) is 3.21. The molecule has 6 rings (SSSR count). The highest BCUT2D eigenvalue weighted by atomic mass is 19.4. The number of nitrogens with zero attached hydrogens (tertiary/aromatic N) is 2. The lowest BCUT2D eigenvalue weighted by atomic mass is 9.63. The summed E-state index contributed by atoms with van der Waals surface area (Å²) in [6.07, 6.45) is -0.135. The zero-order chi connectivity index (χ0) is 21.5. The van der Waals surface area contributed by atoms with Gasteiger partial charge >= 0.3 is 12.1 Å². The number of aryl methyl sites for hydroxylation is 2. The van der Waals surface area contributed by atoms with Gasteiger partial charge < -0.3 is 0 Å². The van der Waals surface area contributed by atoms with E-state index in [1.54, 1.807) is 19.9 Å². The van der Waals surface area contributed by atoms with Crippen molar-refractivity contribution in [3.05, 3.63) is 41.5 Å². The first-order chi connectivity index (χ1) is 14.1. The van der Waals surface area contributed by atoms with Crippen LogP contribution in [0.1, 0.15) is 17.5 Å². The number of alkyl halides is 3. The fourth-order valence-electron chi connectivity index (χ4n) is 5.82. The van der Waals surface area contributed by atoms with Crippen molar-refractivity contribution in [1.82, 2.24) is 4.90 Å². The van der Waals surface area contributed by atoms with Crippen molar-refractivity contribution in [2.24, 2.45) is 35.5 Å². The molecule has 0 spiro atoms. The molecule has 6 atom stereocenters. The number of imide groups is 1. The number of amides is 3. The smallest absolute Gasteiger partial charge is 0.286 e. The van der Waals surface area contributed by atoms with Gasteiger partial charge in [-0.3, -0.25) is 24.2 Å². The van der Waals surface area contributed by atoms with Gasteiger partial charge in [0.05, 0.1) is 11.8 Å². The van der Waals surface area contributed by atoms with Gasteiger partial charge in [0, 0.05) is 5.69 Å². The van der Waals surface area contributed by atoms with Crippen molar-refractivity contribution in [1.29, 1.82) is 0 Å². The highest BCUT2D eigenvalue weighted by Crippen LogP contribution is 2.65. The summed E-state index contributed by atoms with van der Waals surface area (Å²) in [6.45, 7) is 2.70. The molecule has 1 aliphatic heterocycles. The predicted molar refractivity (Wildman–Crippen MR) is 101 cm³/mol. The molecule has 4 aliphatic carbocycles. The van der Waals surface area contributed by atoms with Crippen LogP contribution in [0.15, 0.2) is 30.4 Å². The molecular weight excluding hydrogens is 397 g/mol. The molecule has 0 radical (unpaired) electrons. The molecule has 0 unspecified atom stereocenters. The van der Waals surface area contributed by atoms with E-state index in [-0.39, 0.29) is 17.5 Å². The molecule has 1 aromatic rings. The summed E-state index contributed by atoms with van der Waals surface area (Å²) >= 11 is 0. The number of halogens is 3. The third-order valence-corrected chi connectivity index (χ3v) is 7.04. The van der Waals surface area contributed by atoms with Crippen LogP contribution in [0.25, 0.3) is 0 Å². The van der Waals surface area contributed by atoms with E-state index < -0.39 is 42.4 Å². The van der Waals surface area contributed by atoms with Gasteiger partial charge in [0.1, 0.15) is 6.67 Å². The second-order valence-electron chi connectivity index (χ2n) is 8.98. The van der Waals surface area contributed by atoms with Crippen molar-refractivity contribution in [2.45, 2.75) is 26.4 Å². The van der Waals surface area contributed by atoms with Gasteiger partial charge in [0.25, 0.3) is 0 Å². The van der Waals surface area contributed by atoms with Crippen molar-refractivity contribution in [3.63, 3.8) is 0 Å². The fraction of sp³-hybridized carbons (Fsp3) is 0.500. The second kappa shape index (κ2) is 6.18. The Kier molecular flexibility index (Phi) is 3.98. The molecule has 5 nitrogen and oxygen atoms in total. The number of carbonyl (C=O) groups is 3. The van der Waals surface area contributed by atoms with E-state index in [9.17, 15) is 27.6 Å². The van der Waals surface area contributed by atoms with Gasteiger partial charge in [-0.1, -0.05) is 18.2 Å². The number of likely N-dealkylation sites (tertiary alicyclic amines) is 1. The van der Waals surface area contributed by atoms with Crippen molar-refractivity contribution in [2.75, 3.05) is 11.6 Å². The number of allylic oxidation sites excluding steroid dienone is 2. The zero-order valence-corrected chi connectivity index (χ0v) is 16.5. The van der Waals surface area contributed by atoms with Gasteiger partial charge in [-0.05, 0) is 67.2 Å². The van der Waals surface area contributed by atoms with E-state index in [1.165, 1.54) is 12.1 Å². The monoisotopic (exact) mass is 418 g/mol. The third kappa shape index (κ3) is 2.72. The molecule has 3 fully saturated rings. The topological polar surface area (TPSA) is 57.7 Å². The highest BCUT2D eigenvalue weighted by molar-refractivity contribution is 6.07. The summed E-state index contributed by atoms with van der Waals surface area (Å²) in [6, 6.07) is 4.68. The number of hydrogen-bond acceptors (Lipinski definition) is 3. The van der Waals surface area contributed by atoms with Crippen molar-refractivity contribution in [3.8, 4) is 0 Å². The van der Waals surface area contributed by atoms with E-state index in [1.807, 2.05) is 12.2 Å². The van der Waals surface area contributed by atoms with Crippen LogP contribution >= 0.6 is 0 Å². The fourth-order valence-corrected chi connectivity index (χ4v) is 5.82. The molecule has 5 aliphatic rings. The quantitative estimate of drug-likeness (QED) is 0.560. The highest BCUT2D eigenvalue weighted by Gasteiger charge is 2.67. The summed E-state index contributed by atoms with van der Waals surface area (Å²) in [7, 11) is 0. The Balaban J connectivity index is 1.49. The van der Waals surface area contributed by atoms with Gasteiger partial charge in [0.15, 0.2) is 0 Å². The Hall–Kier alpha value is -2.64. The largest absolute Gasteiger partial charge is 0.471 e. The summed E-state index contributed by atoms with van der Waals surface area (Å²) in [5.74, 6) is -3.31. The summed E-state index contributed by atoms with van der Waals surface area (Å²) in [4.78, 5) is 39.9. The van der Waals surface area contributed by atoms with Crippen LogP contribution in [0.3, 0.4) is 0 Å². The normalized spacial score (nSPS) is 33.6. The summed E-state index contributed by atoms with van der Waals surface area (Å²) < 4.78 is 40.1. The average Bonchev–Trinajstić information content (AvgIpc) is 3.44. The molecule has 3 amide bonds. The number of anilines is 1. The van der Waals surface area contributed by atoms with E-state index >= 15 is 0 Å².